The van der Waals surface area contributed by atoms with Crippen LogP contribution < -0.4 is 10.6 Å². The summed E-state index contributed by atoms with van der Waals surface area (Å²) in [4.78, 5) is 23.3. The third kappa shape index (κ3) is 10.3. The first-order valence-corrected chi connectivity index (χ1v) is 12.8. The highest BCUT2D eigenvalue weighted by atomic mass is 16.7. The molecule has 2 aliphatic rings. The summed E-state index contributed by atoms with van der Waals surface area (Å²) in [5.74, 6) is -0.230. The lowest BCUT2D eigenvalue weighted by atomic mass is 9.99. The van der Waals surface area contributed by atoms with Crippen molar-refractivity contribution in [1.29, 1.82) is 0 Å². The summed E-state index contributed by atoms with van der Waals surface area (Å²) in [5, 5.41) is 5.90. The normalized spacial score (nSPS) is 32.4. The maximum atomic E-state index is 11.6. The molecule has 2 fully saturated rings. The fraction of sp³-hybridized carbons (Fsp3) is 0.769. The number of unbranched alkanes of at least 4 members (excludes halogenated alkanes) is 1. The predicted molar refractivity (Wildman–Crippen MR) is 134 cm³/mol. The van der Waals surface area contributed by atoms with E-state index in [1.165, 1.54) is 13.8 Å². The Morgan fingerprint density at radius 1 is 0.778 bits per heavy atom. The van der Waals surface area contributed by atoms with Gasteiger partial charge in [-0.2, -0.15) is 0 Å². The van der Waals surface area contributed by atoms with E-state index in [1.807, 2.05) is 13.8 Å². The van der Waals surface area contributed by atoms with Gasteiger partial charge in [-0.3, -0.25) is 9.59 Å². The standard InChI is InChI=1S/C26H44N2O8/c1-7-11-33-25-17(3)35-23(15-21(25)27-19(5)29)31-13-9-10-14-32-24-16-22(28-20(6)30)26(18(4)36-24)34-12-8-2/h7-8,17-18,21-26H,1-2,9-16H2,3-6H3,(H,27,29)(H,28,30)/t17-,18-,21-,22-,23+,24+,25+,26+/m0/s1. The van der Waals surface area contributed by atoms with Gasteiger partial charge in [0.05, 0.1) is 37.5 Å². The summed E-state index contributed by atoms with van der Waals surface area (Å²) in [6, 6.07) is -0.387. The first-order valence-electron chi connectivity index (χ1n) is 12.8. The maximum Gasteiger partial charge on any atom is 0.217 e. The van der Waals surface area contributed by atoms with Crippen LogP contribution in [0.2, 0.25) is 0 Å². The van der Waals surface area contributed by atoms with E-state index in [1.54, 1.807) is 12.2 Å². The van der Waals surface area contributed by atoms with Crippen molar-refractivity contribution in [2.24, 2.45) is 0 Å². The Kier molecular flexibility index (Phi) is 13.6. The second kappa shape index (κ2) is 16.1. The maximum absolute atomic E-state index is 11.6. The molecule has 0 aromatic rings. The molecule has 0 aromatic carbocycles. The van der Waals surface area contributed by atoms with E-state index < -0.39 is 12.6 Å². The minimum absolute atomic E-state index is 0.115. The van der Waals surface area contributed by atoms with Crippen LogP contribution in [0.5, 0.6) is 0 Å². The van der Waals surface area contributed by atoms with Crippen molar-refractivity contribution in [2.45, 2.75) is 102 Å². The molecular weight excluding hydrogens is 468 g/mol. The smallest absolute Gasteiger partial charge is 0.217 e. The van der Waals surface area contributed by atoms with Crippen LogP contribution in [0.1, 0.15) is 53.4 Å². The molecule has 36 heavy (non-hydrogen) atoms. The third-order valence-electron chi connectivity index (χ3n) is 6.08. The number of rotatable bonds is 15. The molecule has 2 rings (SSSR count). The van der Waals surface area contributed by atoms with Crippen LogP contribution in [-0.4, -0.2) is 87.3 Å². The SMILES string of the molecule is C=CCO[C@H]1[C@@H](NC(C)=O)C[C@H](OCCCCO[C@H]2C[C@H](NC(C)=O)[C@H](OCC=C)[C@H](C)O2)O[C@H]1C. The van der Waals surface area contributed by atoms with Crippen molar-refractivity contribution >= 4 is 11.8 Å². The Hall–Kier alpha value is -1.82. The summed E-state index contributed by atoms with van der Waals surface area (Å²) < 4.78 is 35.4. The summed E-state index contributed by atoms with van der Waals surface area (Å²) in [5.41, 5.74) is 0. The average Bonchev–Trinajstić information content (AvgIpc) is 2.79. The number of ether oxygens (including phenoxy) is 6. The van der Waals surface area contributed by atoms with E-state index >= 15 is 0 Å². The van der Waals surface area contributed by atoms with Gasteiger partial charge in [0, 0.05) is 39.9 Å². The number of hydrogen-bond donors (Lipinski definition) is 2. The van der Waals surface area contributed by atoms with Gasteiger partial charge >= 0.3 is 0 Å². The summed E-state index contributed by atoms with van der Waals surface area (Å²) in [6.07, 6.45) is 4.09. The molecule has 206 valence electrons. The molecule has 0 saturated carbocycles. The van der Waals surface area contributed by atoms with E-state index in [9.17, 15) is 9.59 Å². The molecule has 2 saturated heterocycles. The van der Waals surface area contributed by atoms with Gasteiger partial charge in [0.1, 0.15) is 12.2 Å². The van der Waals surface area contributed by atoms with Gasteiger partial charge in [0.2, 0.25) is 11.8 Å². The average molecular weight is 513 g/mol. The molecule has 2 N–H and O–H groups in total. The fourth-order valence-corrected chi connectivity index (χ4v) is 4.60. The zero-order valence-corrected chi connectivity index (χ0v) is 22.1. The van der Waals surface area contributed by atoms with Crippen LogP contribution in [0, 0.1) is 0 Å². The zero-order valence-electron chi connectivity index (χ0n) is 22.1. The quantitative estimate of drug-likeness (QED) is 0.254. The minimum atomic E-state index is -0.421. The Bertz CT molecular complexity index is 647. The van der Waals surface area contributed by atoms with Gasteiger partial charge in [0.25, 0.3) is 0 Å². The van der Waals surface area contributed by atoms with Gasteiger partial charge < -0.3 is 39.1 Å². The second-order valence-electron chi connectivity index (χ2n) is 9.25. The van der Waals surface area contributed by atoms with Crippen molar-refractivity contribution < 1.29 is 38.0 Å². The molecule has 0 bridgehead atoms. The highest BCUT2D eigenvalue weighted by Crippen LogP contribution is 2.25. The third-order valence-corrected chi connectivity index (χ3v) is 6.08. The number of carbonyl (C=O) groups excluding carboxylic acids is 2. The lowest BCUT2D eigenvalue weighted by molar-refractivity contribution is -0.236. The molecule has 2 amide bonds. The van der Waals surface area contributed by atoms with Crippen molar-refractivity contribution in [1.82, 2.24) is 10.6 Å². The molecule has 10 nitrogen and oxygen atoms in total. The van der Waals surface area contributed by atoms with Gasteiger partial charge in [0.15, 0.2) is 12.6 Å². The predicted octanol–water partition coefficient (Wildman–Crippen LogP) is 2.22. The fourth-order valence-electron chi connectivity index (χ4n) is 4.60. The second-order valence-corrected chi connectivity index (χ2v) is 9.25. The Balaban J connectivity index is 1.71. The number of amides is 2. The van der Waals surface area contributed by atoms with Crippen LogP contribution in [0.4, 0.5) is 0 Å². The van der Waals surface area contributed by atoms with Crippen molar-refractivity contribution in [3.05, 3.63) is 25.3 Å². The topological polar surface area (TPSA) is 114 Å². The van der Waals surface area contributed by atoms with E-state index in [0.717, 1.165) is 12.8 Å². The Labute approximate surface area is 215 Å². The summed E-state index contributed by atoms with van der Waals surface area (Å²) in [6.45, 7) is 15.9. The van der Waals surface area contributed by atoms with Gasteiger partial charge in [-0.1, -0.05) is 12.2 Å². The van der Waals surface area contributed by atoms with Gasteiger partial charge in [-0.05, 0) is 26.7 Å². The molecule has 8 atom stereocenters. The molecule has 0 unspecified atom stereocenters. The first-order chi connectivity index (χ1) is 17.2. The Morgan fingerprint density at radius 3 is 1.50 bits per heavy atom. The molecule has 0 spiro atoms. The number of carbonyl (C=O) groups is 2. The summed E-state index contributed by atoms with van der Waals surface area (Å²) in [7, 11) is 0. The largest absolute Gasteiger partial charge is 0.369 e. The van der Waals surface area contributed by atoms with Gasteiger partial charge in [-0.15, -0.1) is 13.2 Å². The molecule has 0 aliphatic carbocycles. The van der Waals surface area contributed by atoms with E-state index in [2.05, 4.69) is 23.8 Å². The summed E-state index contributed by atoms with van der Waals surface area (Å²) >= 11 is 0. The molecule has 0 aromatic heterocycles. The van der Waals surface area contributed by atoms with Crippen molar-refractivity contribution in [3.63, 3.8) is 0 Å². The highest BCUT2D eigenvalue weighted by Gasteiger charge is 2.39. The first kappa shape index (κ1) is 30.4. The van der Waals surface area contributed by atoms with Crippen LogP contribution in [0.15, 0.2) is 25.3 Å². The molecule has 10 heteroatoms. The van der Waals surface area contributed by atoms with Crippen LogP contribution in [0.25, 0.3) is 0 Å². The molecule has 2 aliphatic heterocycles. The molecule has 2 heterocycles. The van der Waals surface area contributed by atoms with E-state index in [0.29, 0.717) is 39.3 Å². The lowest BCUT2D eigenvalue weighted by Gasteiger charge is -2.40. The Morgan fingerprint density at radius 2 is 1.17 bits per heavy atom. The van der Waals surface area contributed by atoms with Crippen LogP contribution >= 0.6 is 0 Å². The number of hydrogen-bond acceptors (Lipinski definition) is 8. The van der Waals surface area contributed by atoms with Crippen molar-refractivity contribution in [2.75, 3.05) is 26.4 Å². The number of nitrogens with one attached hydrogen (secondary N) is 2. The molecule has 0 radical (unpaired) electrons. The monoisotopic (exact) mass is 512 g/mol. The van der Waals surface area contributed by atoms with E-state index in [4.69, 9.17) is 28.4 Å². The molecular formula is C26H44N2O8. The zero-order chi connectivity index (χ0) is 26.5. The van der Waals surface area contributed by atoms with Crippen molar-refractivity contribution in [3.8, 4) is 0 Å². The van der Waals surface area contributed by atoms with Crippen LogP contribution in [-0.2, 0) is 38.0 Å². The minimum Gasteiger partial charge on any atom is -0.369 e. The highest BCUT2D eigenvalue weighted by molar-refractivity contribution is 5.73. The van der Waals surface area contributed by atoms with Crippen LogP contribution in [0.3, 0.4) is 0 Å². The van der Waals surface area contributed by atoms with E-state index in [-0.39, 0.29) is 48.3 Å². The van der Waals surface area contributed by atoms with Gasteiger partial charge in [-0.25, -0.2) is 0 Å². The lowest BCUT2D eigenvalue weighted by Crippen LogP contribution is -2.56.